The van der Waals surface area contributed by atoms with Crippen molar-refractivity contribution in [3.8, 4) is 5.75 Å². The second-order valence-corrected chi connectivity index (χ2v) is 6.97. The Hall–Kier alpha value is -1.37. The van der Waals surface area contributed by atoms with Crippen LogP contribution in [-0.4, -0.2) is 27.7 Å². The summed E-state index contributed by atoms with van der Waals surface area (Å²) in [5.74, 6) is 1.67. The largest absolute Gasteiger partial charge is 0.490 e. The molecule has 0 saturated carbocycles. The van der Waals surface area contributed by atoms with E-state index in [1.54, 1.807) is 23.0 Å². The van der Waals surface area contributed by atoms with Gasteiger partial charge in [0.05, 0.1) is 22.9 Å². The minimum absolute atomic E-state index is 0.387. The van der Waals surface area contributed by atoms with Crippen molar-refractivity contribution in [1.29, 1.82) is 0 Å². The van der Waals surface area contributed by atoms with Crippen molar-refractivity contribution in [3.05, 3.63) is 38.3 Å². The van der Waals surface area contributed by atoms with Crippen LogP contribution in [0.5, 0.6) is 5.75 Å². The molecule has 0 saturated heterocycles. The third-order valence-electron chi connectivity index (χ3n) is 3.09. The van der Waals surface area contributed by atoms with Gasteiger partial charge in [0.25, 0.3) is 0 Å². The number of halogens is 2. The van der Waals surface area contributed by atoms with Crippen LogP contribution in [0.3, 0.4) is 0 Å². The number of aromatic amines is 1. The number of H-pyrrole nitrogens is 1. The van der Waals surface area contributed by atoms with Gasteiger partial charge in [0.15, 0.2) is 11.6 Å². The molecule has 0 aliphatic rings. The molecule has 0 bridgehead atoms. The number of aryl methyl sites for hydroxylation is 1. The number of nitrogens with zero attached hydrogens (tertiary/aromatic N) is 3. The molecule has 1 aromatic heterocycles. The molecule has 0 aliphatic carbocycles. The topological polar surface area (TPSA) is 55.2 Å². The predicted molar refractivity (Wildman–Crippen MR) is 101 cm³/mol. The Morgan fingerprint density at radius 3 is 2.62 bits per heavy atom. The molecule has 2 rings (SSSR count). The van der Waals surface area contributed by atoms with Crippen molar-refractivity contribution in [3.63, 3.8) is 0 Å². The molecule has 2 aromatic rings. The number of hydrogen-bond acceptors (Lipinski definition) is 4. The zero-order valence-corrected chi connectivity index (χ0v) is 16.2. The Kier molecular flexibility index (Phi) is 6.83. The summed E-state index contributed by atoms with van der Waals surface area (Å²) in [7, 11) is 0. The minimum Gasteiger partial charge on any atom is -0.490 e. The van der Waals surface area contributed by atoms with Crippen molar-refractivity contribution >= 4 is 41.6 Å². The van der Waals surface area contributed by atoms with Crippen LogP contribution in [-0.2, 0) is 6.42 Å². The third kappa shape index (κ3) is 4.82. The first kappa shape index (κ1) is 19.0. The summed E-state index contributed by atoms with van der Waals surface area (Å²) >= 11 is 17.7. The van der Waals surface area contributed by atoms with E-state index in [0.717, 1.165) is 24.2 Å². The molecule has 1 aromatic carbocycles. The first-order valence-electron chi connectivity index (χ1n) is 7.74. The monoisotopic (exact) mass is 386 g/mol. The quantitative estimate of drug-likeness (QED) is 0.530. The van der Waals surface area contributed by atoms with Gasteiger partial charge in [0, 0.05) is 6.42 Å². The van der Waals surface area contributed by atoms with Crippen molar-refractivity contribution in [2.75, 3.05) is 6.61 Å². The Bertz CT molecular complexity index is 760. The van der Waals surface area contributed by atoms with Gasteiger partial charge in [-0.05, 0) is 42.3 Å². The molecule has 1 heterocycles. The minimum atomic E-state index is 0.387. The number of rotatable bonds is 7. The van der Waals surface area contributed by atoms with Crippen LogP contribution in [0.2, 0.25) is 10.0 Å². The normalized spacial score (nSPS) is 11.6. The van der Waals surface area contributed by atoms with E-state index in [9.17, 15) is 0 Å². The maximum atomic E-state index is 6.27. The molecule has 8 heteroatoms. The van der Waals surface area contributed by atoms with E-state index in [1.807, 2.05) is 0 Å². The van der Waals surface area contributed by atoms with Crippen molar-refractivity contribution < 1.29 is 4.74 Å². The van der Waals surface area contributed by atoms with Gasteiger partial charge in [-0.25, -0.2) is 0 Å². The summed E-state index contributed by atoms with van der Waals surface area (Å²) in [5, 5.41) is 12.2. The number of nitrogens with one attached hydrogen (secondary N) is 1. The predicted octanol–water partition coefficient (Wildman–Crippen LogP) is 5.12. The highest BCUT2D eigenvalue weighted by molar-refractivity contribution is 7.71. The lowest BCUT2D eigenvalue weighted by atomic mass is 10.2. The molecule has 0 spiro atoms. The van der Waals surface area contributed by atoms with E-state index >= 15 is 0 Å². The fourth-order valence-electron chi connectivity index (χ4n) is 2.00. The lowest BCUT2D eigenvalue weighted by molar-refractivity contribution is 0.271. The van der Waals surface area contributed by atoms with Crippen molar-refractivity contribution in [2.24, 2.45) is 11.0 Å². The van der Waals surface area contributed by atoms with Gasteiger partial charge < -0.3 is 4.74 Å². The molecule has 0 amide bonds. The fraction of sp³-hybridized carbons (Fsp3) is 0.438. The first-order chi connectivity index (χ1) is 11.4. The van der Waals surface area contributed by atoms with E-state index in [4.69, 9.17) is 40.2 Å². The van der Waals surface area contributed by atoms with Crippen LogP contribution in [0, 0.1) is 10.7 Å². The lowest BCUT2D eigenvalue weighted by Gasteiger charge is -2.12. The summed E-state index contributed by atoms with van der Waals surface area (Å²) in [6.45, 7) is 6.75. The van der Waals surface area contributed by atoms with Crippen molar-refractivity contribution in [1.82, 2.24) is 14.9 Å². The molecule has 24 heavy (non-hydrogen) atoms. The van der Waals surface area contributed by atoms with E-state index < -0.39 is 0 Å². The smallest absolute Gasteiger partial charge is 0.216 e. The maximum absolute atomic E-state index is 6.27. The van der Waals surface area contributed by atoms with E-state index in [0.29, 0.717) is 33.1 Å². The third-order valence-corrected chi connectivity index (χ3v) is 3.92. The highest BCUT2D eigenvalue weighted by Crippen LogP contribution is 2.34. The summed E-state index contributed by atoms with van der Waals surface area (Å²) in [5.41, 5.74) is 0.757. The summed E-state index contributed by atoms with van der Waals surface area (Å²) in [6.07, 6.45) is 3.39. The number of ether oxygens (including phenoxy) is 1. The molecule has 130 valence electrons. The second-order valence-electron chi connectivity index (χ2n) is 5.77. The van der Waals surface area contributed by atoms with Gasteiger partial charge >= 0.3 is 0 Å². The van der Waals surface area contributed by atoms with Gasteiger partial charge in [-0.15, -0.1) is 0 Å². The van der Waals surface area contributed by atoms with Crippen LogP contribution < -0.4 is 4.74 Å². The van der Waals surface area contributed by atoms with Crippen LogP contribution in [0.4, 0.5) is 0 Å². The lowest BCUT2D eigenvalue weighted by Crippen LogP contribution is -2.05. The molecule has 0 fully saturated rings. The van der Waals surface area contributed by atoms with Gasteiger partial charge in [0.1, 0.15) is 0 Å². The van der Waals surface area contributed by atoms with Gasteiger partial charge in [-0.3, -0.25) is 5.10 Å². The van der Waals surface area contributed by atoms with Crippen LogP contribution >= 0.6 is 35.4 Å². The van der Waals surface area contributed by atoms with Crippen molar-refractivity contribution in [2.45, 2.75) is 33.6 Å². The molecular weight excluding hydrogens is 367 g/mol. The van der Waals surface area contributed by atoms with E-state index in [1.165, 1.54) is 0 Å². The zero-order valence-electron chi connectivity index (χ0n) is 13.8. The number of hydrogen-bond donors (Lipinski definition) is 1. The van der Waals surface area contributed by atoms with Gasteiger partial charge in [0.2, 0.25) is 4.77 Å². The van der Waals surface area contributed by atoms with Gasteiger partial charge in [-0.2, -0.15) is 14.9 Å². The van der Waals surface area contributed by atoms with Gasteiger partial charge in [-0.1, -0.05) is 44.0 Å². The average molecular weight is 387 g/mol. The van der Waals surface area contributed by atoms with E-state index in [2.05, 4.69) is 36.1 Å². The summed E-state index contributed by atoms with van der Waals surface area (Å²) < 4.78 is 7.71. The highest BCUT2D eigenvalue weighted by atomic mass is 35.5. The number of aromatic nitrogens is 3. The molecule has 5 nitrogen and oxygen atoms in total. The zero-order chi connectivity index (χ0) is 17.7. The Morgan fingerprint density at radius 2 is 2.04 bits per heavy atom. The molecule has 0 radical (unpaired) electrons. The standard InChI is InChI=1S/C16H20Cl2N4OS/c1-4-5-14-20-21-16(24)22(14)19-8-11-6-12(17)15(13(18)7-11)23-9-10(2)3/h6-8,10H,4-5,9H2,1-3H3,(H,21,24)/b19-8-. The van der Waals surface area contributed by atoms with Crippen LogP contribution in [0.1, 0.15) is 38.6 Å². The van der Waals surface area contributed by atoms with Crippen LogP contribution in [0.15, 0.2) is 17.2 Å². The molecular formula is C16H20Cl2N4OS. The summed E-state index contributed by atoms with van der Waals surface area (Å²) in [6, 6.07) is 3.52. The molecule has 0 unspecified atom stereocenters. The second kappa shape index (κ2) is 8.65. The SMILES string of the molecule is CCCc1n[nH]c(=S)n1/N=C\c1cc(Cl)c(OCC(C)C)c(Cl)c1. The average Bonchev–Trinajstić information content (AvgIpc) is 2.85. The molecule has 1 N–H and O–H groups in total. The highest BCUT2D eigenvalue weighted by Gasteiger charge is 2.10. The first-order valence-corrected chi connectivity index (χ1v) is 8.91. The Morgan fingerprint density at radius 1 is 1.38 bits per heavy atom. The molecule has 0 aliphatic heterocycles. The van der Waals surface area contributed by atoms with Crippen LogP contribution in [0.25, 0.3) is 0 Å². The Labute approximate surface area is 156 Å². The fourth-order valence-corrected chi connectivity index (χ4v) is 2.81. The number of benzene rings is 1. The maximum Gasteiger partial charge on any atom is 0.216 e. The Balaban J connectivity index is 2.25. The molecule has 0 atom stereocenters. The summed E-state index contributed by atoms with van der Waals surface area (Å²) in [4.78, 5) is 0. The van der Waals surface area contributed by atoms with E-state index in [-0.39, 0.29) is 0 Å².